The van der Waals surface area contributed by atoms with Crippen molar-refractivity contribution in [3.63, 3.8) is 0 Å². The van der Waals surface area contributed by atoms with Crippen molar-refractivity contribution >= 4 is 22.7 Å². The highest BCUT2D eigenvalue weighted by molar-refractivity contribution is 7.98. The molecule has 8 heteroatoms. The van der Waals surface area contributed by atoms with Crippen LogP contribution in [0.2, 0.25) is 0 Å². The number of benzene rings is 2. The van der Waals surface area contributed by atoms with Gasteiger partial charge in [0.05, 0.1) is 29.5 Å². The van der Waals surface area contributed by atoms with Crippen LogP contribution >= 0.6 is 11.8 Å². The molecule has 7 nitrogen and oxygen atoms in total. The van der Waals surface area contributed by atoms with Crippen LogP contribution in [-0.2, 0) is 5.75 Å². The Balaban J connectivity index is 1.85. The normalized spacial score (nSPS) is 11.0. The van der Waals surface area contributed by atoms with Gasteiger partial charge in [0.1, 0.15) is 5.75 Å². The summed E-state index contributed by atoms with van der Waals surface area (Å²) in [5.74, 6) is 2.13. The van der Waals surface area contributed by atoms with Gasteiger partial charge >= 0.3 is 0 Å². The fourth-order valence-electron chi connectivity index (χ4n) is 2.71. The minimum absolute atomic E-state index is 0.141. The van der Waals surface area contributed by atoms with Crippen LogP contribution in [0, 0.1) is 6.92 Å². The lowest BCUT2D eigenvalue weighted by atomic mass is 10.2. The highest BCUT2D eigenvalue weighted by atomic mass is 32.2. The van der Waals surface area contributed by atoms with Crippen molar-refractivity contribution in [3.05, 3.63) is 70.6 Å². The van der Waals surface area contributed by atoms with E-state index in [1.807, 2.05) is 36.4 Å². The number of hydrogen-bond donors (Lipinski definition) is 0. The van der Waals surface area contributed by atoms with Gasteiger partial charge in [0.25, 0.3) is 5.56 Å². The molecule has 2 aromatic carbocycles. The summed E-state index contributed by atoms with van der Waals surface area (Å²) in [6.45, 7) is 1.76. The Labute approximate surface area is 159 Å². The molecule has 0 unspecified atom stereocenters. The number of aryl methyl sites for hydroxylation is 1. The molecule has 2 heterocycles. The van der Waals surface area contributed by atoms with Crippen LogP contribution in [0.25, 0.3) is 16.6 Å². The molecule has 2 aromatic heterocycles. The standard InChI is InChI=1S/C19H16N4O3S/c1-12-20-17(26-22-12)11-27-19-21-16-9-4-3-8-15(16)18(24)23(19)13-6-5-7-14(10-13)25-2/h3-10H,11H2,1-2H3. The van der Waals surface area contributed by atoms with E-state index in [0.717, 1.165) is 0 Å². The van der Waals surface area contributed by atoms with Crippen molar-refractivity contribution in [1.29, 1.82) is 0 Å². The second kappa shape index (κ2) is 7.24. The molecule has 0 aliphatic rings. The second-order valence-electron chi connectivity index (χ2n) is 5.78. The van der Waals surface area contributed by atoms with Crippen LogP contribution < -0.4 is 10.3 Å². The maximum absolute atomic E-state index is 13.2. The predicted molar refractivity (Wildman–Crippen MR) is 102 cm³/mol. The lowest BCUT2D eigenvalue weighted by Crippen LogP contribution is -2.21. The number of thioether (sulfide) groups is 1. The fourth-order valence-corrected chi connectivity index (χ4v) is 3.56. The molecule has 0 amide bonds. The van der Waals surface area contributed by atoms with Crippen molar-refractivity contribution in [2.45, 2.75) is 17.8 Å². The van der Waals surface area contributed by atoms with E-state index in [0.29, 0.717) is 45.0 Å². The first-order chi connectivity index (χ1) is 13.2. The summed E-state index contributed by atoms with van der Waals surface area (Å²) < 4.78 is 12.1. The lowest BCUT2D eigenvalue weighted by molar-refractivity contribution is 0.387. The summed E-state index contributed by atoms with van der Waals surface area (Å²) in [4.78, 5) is 22.1. The topological polar surface area (TPSA) is 83.0 Å². The Bertz CT molecular complexity index is 1170. The van der Waals surface area contributed by atoms with Crippen LogP contribution in [0.3, 0.4) is 0 Å². The van der Waals surface area contributed by atoms with Gasteiger partial charge in [-0.3, -0.25) is 9.36 Å². The maximum atomic E-state index is 13.2. The van der Waals surface area contributed by atoms with Crippen LogP contribution in [0.5, 0.6) is 5.75 Å². The SMILES string of the molecule is COc1cccc(-n2c(SCc3nc(C)no3)nc3ccccc3c2=O)c1. The molecule has 0 radical (unpaired) electrons. The summed E-state index contributed by atoms with van der Waals surface area (Å²) in [6.07, 6.45) is 0. The van der Waals surface area contributed by atoms with E-state index < -0.39 is 0 Å². The third kappa shape index (κ3) is 3.43. The molecule has 0 spiro atoms. The van der Waals surface area contributed by atoms with Gasteiger partial charge in [-0.1, -0.05) is 35.1 Å². The number of nitrogens with zero attached hydrogens (tertiary/aromatic N) is 4. The lowest BCUT2D eigenvalue weighted by Gasteiger charge is -2.13. The Hall–Kier alpha value is -3.13. The predicted octanol–water partition coefficient (Wildman–Crippen LogP) is 3.38. The Morgan fingerprint density at radius 3 is 2.78 bits per heavy atom. The number of fused-ring (bicyclic) bond motifs is 1. The third-order valence-corrected chi connectivity index (χ3v) is 4.87. The number of rotatable bonds is 5. The second-order valence-corrected chi connectivity index (χ2v) is 6.72. The molecular weight excluding hydrogens is 364 g/mol. The fraction of sp³-hybridized carbons (Fsp3) is 0.158. The maximum Gasteiger partial charge on any atom is 0.266 e. The highest BCUT2D eigenvalue weighted by Gasteiger charge is 2.15. The monoisotopic (exact) mass is 380 g/mol. The average Bonchev–Trinajstić information content (AvgIpc) is 3.12. The summed E-state index contributed by atoms with van der Waals surface area (Å²) >= 11 is 1.37. The number of ether oxygens (including phenoxy) is 1. The van der Waals surface area contributed by atoms with E-state index in [1.165, 1.54) is 11.8 Å². The summed E-state index contributed by atoms with van der Waals surface area (Å²) in [6, 6.07) is 14.6. The summed E-state index contributed by atoms with van der Waals surface area (Å²) in [5.41, 5.74) is 1.19. The van der Waals surface area contributed by atoms with Crippen molar-refractivity contribution in [2.24, 2.45) is 0 Å². The average molecular weight is 380 g/mol. The number of aromatic nitrogens is 4. The molecule has 0 bridgehead atoms. The van der Waals surface area contributed by atoms with E-state index in [-0.39, 0.29) is 5.56 Å². The van der Waals surface area contributed by atoms with E-state index in [1.54, 1.807) is 30.7 Å². The van der Waals surface area contributed by atoms with Crippen LogP contribution in [0.4, 0.5) is 0 Å². The van der Waals surface area contributed by atoms with E-state index >= 15 is 0 Å². The number of hydrogen-bond acceptors (Lipinski definition) is 7. The van der Waals surface area contributed by atoms with Gasteiger partial charge in [0.2, 0.25) is 5.89 Å². The van der Waals surface area contributed by atoms with Gasteiger partial charge < -0.3 is 9.26 Å². The highest BCUT2D eigenvalue weighted by Crippen LogP contribution is 2.25. The molecule has 0 saturated heterocycles. The minimum Gasteiger partial charge on any atom is -0.497 e. The minimum atomic E-state index is -0.141. The van der Waals surface area contributed by atoms with Gasteiger partial charge in [0, 0.05) is 6.07 Å². The van der Waals surface area contributed by atoms with Gasteiger partial charge in [-0.25, -0.2) is 4.98 Å². The zero-order valence-electron chi connectivity index (χ0n) is 14.7. The van der Waals surface area contributed by atoms with Crippen molar-refractivity contribution < 1.29 is 9.26 Å². The van der Waals surface area contributed by atoms with Crippen molar-refractivity contribution in [2.75, 3.05) is 7.11 Å². The van der Waals surface area contributed by atoms with Crippen molar-refractivity contribution in [3.8, 4) is 11.4 Å². The van der Waals surface area contributed by atoms with E-state index in [9.17, 15) is 4.79 Å². The molecule has 0 saturated carbocycles. The molecule has 4 rings (SSSR count). The van der Waals surface area contributed by atoms with Crippen LogP contribution in [0.15, 0.2) is 63.0 Å². The Kier molecular flexibility index (Phi) is 4.64. The summed E-state index contributed by atoms with van der Waals surface area (Å²) in [7, 11) is 1.59. The number of methoxy groups -OCH3 is 1. The first kappa shape index (κ1) is 17.3. The Morgan fingerprint density at radius 1 is 1.15 bits per heavy atom. The molecule has 0 fully saturated rings. The third-order valence-electron chi connectivity index (χ3n) is 3.95. The number of para-hydroxylation sites is 1. The summed E-state index contributed by atoms with van der Waals surface area (Å²) in [5, 5.41) is 4.89. The smallest absolute Gasteiger partial charge is 0.266 e. The van der Waals surface area contributed by atoms with Crippen molar-refractivity contribution in [1.82, 2.24) is 19.7 Å². The molecule has 0 N–H and O–H groups in total. The van der Waals surface area contributed by atoms with Gasteiger partial charge in [0.15, 0.2) is 11.0 Å². The largest absolute Gasteiger partial charge is 0.497 e. The molecule has 0 atom stereocenters. The first-order valence-corrected chi connectivity index (χ1v) is 9.22. The quantitative estimate of drug-likeness (QED) is 0.388. The molecule has 0 aliphatic heterocycles. The molecule has 4 aromatic rings. The van der Waals surface area contributed by atoms with Gasteiger partial charge in [-0.15, -0.1) is 0 Å². The van der Waals surface area contributed by atoms with E-state index in [2.05, 4.69) is 15.1 Å². The molecule has 0 aliphatic carbocycles. The van der Waals surface area contributed by atoms with Crippen LogP contribution in [-0.4, -0.2) is 26.8 Å². The molecular formula is C19H16N4O3S. The molecule has 27 heavy (non-hydrogen) atoms. The Morgan fingerprint density at radius 2 is 2.00 bits per heavy atom. The zero-order chi connectivity index (χ0) is 18.8. The van der Waals surface area contributed by atoms with Crippen LogP contribution in [0.1, 0.15) is 11.7 Å². The van der Waals surface area contributed by atoms with Gasteiger partial charge in [-0.05, 0) is 31.2 Å². The zero-order valence-corrected chi connectivity index (χ0v) is 15.6. The molecule has 136 valence electrons. The van der Waals surface area contributed by atoms with Gasteiger partial charge in [-0.2, -0.15) is 4.98 Å². The first-order valence-electron chi connectivity index (χ1n) is 8.24. The van der Waals surface area contributed by atoms with E-state index in [4.69, 9.17) is 9.26 Å².